The number of para-hydroxylation sites is 1. The van der Waals surface area contributed by atoms with Crippen LogP contribution in [0.3, 0.4) is 0 Å². The summed E-state index contributed by atoms with van der Waals surface area (Å²) in [6.07, 6.45) is 15.2. The zero-order valence-electron chi connectivity index (χ0n) is 28.5. The molecule has 11 heteroatoms. The van der Waals surface area contributed by atoms with Gasteiger partial charge < -0.3 is 29.7 Å². The number of fused-ring (bicyclic) bond motifs is 3. The van der Waals surface area contributed by atoms with Crippen molar-refractivity contribution in [2.45, 2.75) is 65.2 Å². The van der Waals surface area contributed by atoms with Crippen LogP contribution in [0.25, 0.3) is 0 Å². The van der Waals surface area contributed by atoms with Gasteiger partial charge in [-0.3, -0.25) is 0 Å². The summed E-state index contributed by atoms with van der Waals surface area (Å²) in [6, 6.07) is 19.4. The Morgan fingerprint density at radius 2 is 1.26 bits per heavy atom. The summed E-state index contributed by atoms with van der Waals surface area (Å²) in [5.41, 5.74) is 13.1. The minimum atomic E-state index is 0.506. The standard InChI is InChI=1S/C14H17N3.C13H14ClN3.C12H12ClN3/c1-2-11-4-3-5-12-6-7-17(14(11)12)9-13-8-15-10-16-13;1-9-4-10-5-11(14)2-3-13(10)17(9)7-12-6-15-8-16-12;13-10-1-2-12-9(5-10)3-4-16(12)7-11-6-14-8-15-11/h3-5,8,10H,2,6-7,9H2,1H3,(H,15,16);2-3,5-6,8-9H,4,7H2,1H3,(H,15,16);1-2,5-6,8H,3-4,7H2,(H,14,15). The molecular weight excluding hydrogens is 665 g/mol. The summed E-state index contributed by atoms with van der Waals surface area (Å²) in [5, 5.41) is 1.64. The first kappa shape index (κ1) is 33.8. The predicted octanol–water partition coefficient (Wildman–Crippen LogP) is 8.17. The van der Waals surface area contributed by atoms with Gasteiger partial charge in [0.1, 0.15) is 0 Å². The second-order valence-electron chi connectivity index (χ2n) is 13.1. The number of benzene rings is 3. The van der Waals surface area contributed by atoms with Crippen LogP contribution in [0, 0.1) is 0 Å². The molecule has 0 aliphatic carbocycles. The van der Waals surface area contributed by atoms with Crippen LogP contribution in [-0.4, -0.2) is 49.0 Å². The minimum Gasteiger partial charge on any atom is -0.365 e. The molecule has 0 spiro atoms. The third-order valence-corrected chi connectivity index (χ3v) is 10.2. The lowest BCUT2D eigenvalue weighted by atomic mass is 10.1. The van der Waals surface area contributed by atoms with E-state index in [-0.39, 0.29) is 0 Å². The SMILES string of the molecule is CC1Cc2cc(Cl)ccc2N1Cc1cnc[nH]1.CCc1cccc2c1N(Cc1cnc[nH]1)CC2.Clc1ccc2c(c1)CCN2Cc1cnc[nH]1. The van der Waals surface area contributed by atoms with Crippen molar-refractivity contribution in [2.24, 2.45) is 0 Å². The number of anilines is 3. The van der Waals surface area contributed by atoms with Crippen LogP contribution in [0.1, 0.15) is 53.2 Å². The topological polar surface area (TPSA) is 95.8 Å². The molecule has 0 saturated heterocycles. The zero-order chi connectivity index (χ0) is 34.5. The molecule has 9 nitrogen and oxygen atoms in total. The first-order valence-corrected chi connectivity index (χ1v) is 18.1. The maximum Gasteiger partial charge on any atom is 0.0922 e. The van der Waals surface area contributed by atoms with Crippen LogP contribution in [-0.2, 0) is 45.3 Å². The van der Waals surface area contributed by atoms with E-state index in [1.165, 1.54) is 45.0 Å². The van der Waals surface area contributed by atoms with E-state index in [2.05, 4.69) is 101 Å². The molecule has 1 unspecified atom stereocenters. The van der Waals surface area contributed by atoms with E-state index in [4.69, 9.17) is 23.2 Å². The number of nitrogens with zero attached hydrogens (tertiary/aromatic N) is 6. The monoisotopic (exact) mass is 707 g/mol. The third kappa shape index (κ3) is 7.69. The number of hydrogen-bond acceptors (Lipinski definition) is 6. The van der Waals surface area contributed by atoms with Gasteiger partial charge in [0.15, 0.2) is 0 Å². The van der Waals surface area contributed by atoms with Crippen molar-refractivity contribution < 1.29 is 0 Å². The predicted molar refractivity (Wildman–Crippen MR) is 203 cm³/mol. The molecule has 0 amide bonds. The molecule has 50 heavy (non-hydrogen) atoms. The number of nitrogens with one attached hydrogen (secondary N) is 3. The van der Waals surface area contributed by atoms with Crippen LogP contribution in [0.15, 0.2) is 92.2 Å². The van der Waals surface area contributed by atoms with E-state index < -0.39 is 0 Å². The Morgan fingerprint density at radius 3 is 1.90 bits per heavy atom. The second kappa shape index (κ2) is 15.4. The molecule has 3 aromatic heterocycles. The van der Waals surface area contributed by atoms with Crippen LogP contribution in [0.4, 0.5) is 17.1 Å². The molecule has 0 radical (unpaired) electrons. The molecular formula is C39H43Cl2N9. The summed E-state index contributed by atoms with van der Waals surface area (Å²) >= 11 is 12.0. The van der Waals surface area contributed by atoms with E-state index in [0.717, 1.165) is 79.8 Å². The Kier molecular flexibility index (Phi) is 10.4. The average Bonchev–Trinajstić information content (AvgIpc) is 3.98. The molecule has 3 aliphatic rings. The minimum absolute atomic E-state index is 0.506. The molecule has 0 bridgehead atoms. The Labute approximate surface area is 303 Å². The fraction of sp³-hybridized carbons (Fsp3) is 0.308. The van der Waals surface area contributed by atoms with Crippen LogP contribution in [0.5, 0.6) is 0 Å². The van der Waals surface area contributed by atoms with Crippen molar-refractivity contribution in [2.75, 3.05) is 27.8 Å². The maximum atomic E-state index is 6.03. The summed E-state index contributed by atoms with van der Waals surface area (Å²) in [7, 11) is 0. The third-order valence-electron chi connectivity index (χ3n) is 9.71. The number of hydrogen-bond donors (Lipinski definition) is 3. The van der Waals surface area contributed by atoms with Crippen molar-refractivity contribution in [1.82, 2.24) is 29.9 Å². The molecule has 0 fully saturated rings. The molecule has 3 N–H and O–H groups in total. The fourth-order valence-corrected chi connectivity index (χ4v) is 7.67. The molecule has 6 heterocycles. The quantitative estimate of drug-likeness (QED) is 0.155. The van der Waals surface area contributed by atoms with E-state index in [0.29, 0.717) is 6.04 Å². The van der Waals surface area contributed by atoms with Gasteiger partial charge in [0.25, 0.3) is 0 Å². The Morgan fingerprint density at radius 1 is 0.680 bits per heavy atom. The van der Waals surface area contributed by atoms with Gasteiger partial charge in [-0.1, -0.05) is 48.3 Å². The molecule has 9 rings (SSSR count). The normalized spacial score (nSPS) is 15.6. The average molecular weight is 709 g/mol. The lowest BCUT2D eigenvalue weighted by Gasteiger charge is -2.24. The molecule has 0 saturated carbocycles. The molecule has 3 aromatic carbocycles. The van der Waals surface area contributed by atoms with Crippen molar-refractivity contribution in [3.05, 3.63) is 142 Å². The van der Waals surface area contributed by atoms with E-state index in [1.54, 1.807) is 19.0 Å². The second-order valence-corrected chi connectivity index (χ2v) is 14.0. The Bertz CT molecular complexity index is 1970. The van der Waals surface area contributed by atoms with Gasteiger partial charge in [-0.2, -0.15) is 0 Å². The fourth-order valence-electron chi connectivity index (χ4n) is 7.28. The summed E-state index contributed by atoms with van der Waals surface area (Å²) in [5.74, 6) is 0. The Hall–Kier alpha value is -4.73. The molecule has 3 aliphatic heterocycles. The van der Waals surface area contributed by atoms with E-state index in [1.807, 2.05) is 30.7 Å². The number of imidazole rings is 3. The highest BCUT2D eigenvalue weighted by atomic mass is 35.5. The number of aryl methyl sites for hydroxylation is 1. The van der Waals surface area contributed by atoms with Crippen molar-refractivity contribution >= 4 is 40.3 Å². The van der Waals surface area contributed by atoms with E-state index in [9.17, 15) is 0 Å². The number of aromatic nitrogens is 6. The van der Waals surface area contributed by atoms with E-state index >= 15 is 0 Å². The van der Waals surface area contributed by atoms with Gasteiger partial charge in [0.2, 0.25) is 0 Å². The number of rotatable bonds is 7. The lowest BCUT2D eigenvalue weighted by molar-refractivity contribution is 0.666. The largest absolute Gasteiger partial charge is 0.365 e. The van der Waals surface area contributed by atoms with Crippen LogP contribution in [0.2, 0.25) is 10.0 Å². The first-order valence-electron chi connectivity index (χ1n) is 17.3. The highest BCUT2D eigenvalue weighted by Crippen LogP contribution is 2.35. The Balaban J connectivity index is 0.000000118. The number of halogens is 2. The van der Waals surface area contributed by atoms with Crippen molar-refractivity contribution in [3.63, 3.8) is 0 Å². The molecule has 1 atom stereocenters. The van der Waals surface area contributed by atoms with Gasteiger partial charge in [0, 0.05) is 64.8 Å². The van der Waals surface area contributed by atoms with Crippen LogP contribution < -0.4 is 14.7 Å². The molecule has 258 valence electrons. The number of H-pyrrole nitrogens is 3. The van der Waals surface area contributed by atoms with Gasteiger partial charge in [-0.25, -0.2) is 15.0 Å². The summed E-state index contributed by atoms with van der Waals surface area (Å²) in [6.45, 7) is 9.32. The van der Waals surface area contributed by atoms with Crippen LogP contribution >= 0.6 is 23.2 Å². The number of aromatic amines is 3. The molecule has 6 aromatic rings. The summed E-state index contributed by atoms with van der Waals surface area (Å²) < 4.78 is 0. The van der Waals surface area contributed by atoms with Gasteiger partial charge in [-0.15, -0.1) is 0 Å². The van der Waals surface area contributed by atoms with Crippen molar-refractivity contribution in [3.8, 4) is 0 Å². The maximum absolute atomic E-state index is 6.03. The van der Waals surface area contributed by atoms with Gasteiger partial charge in [-0.05, 0) is 91.3 Å². The summed E-state index contributed by atoms with van der Waals surface area (Å²) in [4.78, 5) is 28.8. The smallest absolute Gasteiger partial charge is 0.0922 e. The lowest BCUT2D eigenvalue weighted by Crippen LogP contribution is -2.28. The first-order chi connectivity index (χ1) is 24.4. The zero-order valence-corrected chi connectivity index (χ0v) is 30.1. The van der Waals surface area contributed by atoms with Crippen molar-refractivity contribution in [1.29, 1.82) is 0 Å². The van der Waals surface area contributed by atoms with Gasteiger partial charge in [0.05, 0.1) is 55.7 Å². The van der Waals surface area contributed by atoms with Gasteiger partial charge >= 0.3 is 0 Å². The highest BCUT2D eigenvalue weighted by molar-refractivity contribution is 6.31. The highest BCUT2D eigenvalue weighted by Gasteiger charge is 2.26.